The van der Waals surface area contributed by atoms with Crippen molar-refractivity contribution in [2.75, 3.05) is 0 Å². The molecule has 8 nitrogen and oxygen atoms in total. The molecular weight excluding hydrogens is 262 g/mol. The van der Waals surface area contributed by atoms with E-state index in [0.29, 0.717) is 5.69 Å². The van der Waals surface area contributed by atoms with Gasteiger partial charge in [0.15, 0.2) is 0 Å². The molecule has 0 atom stereocenters. The van der Waals surface area contributed by atoms with Crippen LogP contribution in [0.4, 0.5) is 0 Å². The van der Waals surface area contributed by atoms with Crippen LogP contribution in [0.1, 0.15) is 0 Å². The van der Waals surface area contributed by atoms with Gasteiger partial charge in [0, 0.05) is 18.0 Å². The minimum absolute atomic E-state index is 0.264. The second-order valence-electron chi connectivity index (χ2n) is 4.09. The molecule has 0 bridgehead atoms. The van der Waals surface area contributed by atoms with Gasteiger partial charge in [0.05, 0.1) is 5.69 Å². The summed E-state index contributed by atoms with van der Waals surface area (Å²) in [5.41, 5.74) is 1.10. The minimum Gasteiger partial charge on any atom is -0.480 e. The van der Waals surface area contributed by atoms with Gasteiger partial charge >= 0.3 is 5.97 Å². The molecule has 0 amide bonds. The maximum Gasteiger partial charge on any atom is 0.325 e. The predicted octanol–water partition coefficient (Wildman–Crippen LogP) is 0.0376. The number of fused-ring (bicyclic) bond motifs is 1. The lowest BCUT2D eigenvalue weighted by molar-refractivity contribution is -0.138. The van der Waals surface area contributed by atoms with Crippen LogP contribution in [0.5, 0.6) is 0 Å². The van der Waals surface area contributed by atoms with E-state index in [0.717, 1.165) is 10.2 Å². The second kappa shape index (κ2) is 4.57. The Bertz CT molecular complexity index is 837. The topological polar surface area (TPSA) is 102 Å². The number of nitrogens with zero attached hydrogens (tertiary/aromatic N) is 5. The van der Waals surface area contributed by atoms with Crippen LogP contribution in [0.2, 0.25) is 0 Å². The van der Waals surface area contributed by atoms with Crippen molar-refractivity contribution >= 4 is 11.5 Å². The van der Waals surface area contributed by atoms with Crippen molar-refractivity contribution < 1.29 is 9.90 Å². The van der Waals surface area contributed by atoms with E-state index < -0.39 is 18.1 Å². The van der Waals surface area contributed by atoms with Crippen LogP contribution >= 0.6 is 0 Å². The van der Waals surface area contributed by atoms with Crippen LogP contribution in [0.15, 0.2) is 41.7 Å². The molecule has 0 aromatic carbocycles. The van der Waals surface area contributed by atoms with Crippen molar-refractivity contribution in [1.29, 1.82) is 0 Å². The van der Waals surface area contributed by atoms with E-state index >= 15 is 0 Å². The highest BCUT2D eigenvalue weighted by Gasteiger charge is 2.11. The molecule has 0 aliphatic rings. The maximum atomic E-state index is 12.1. The van der Waals surface area contributed by atoms with Crippen LogP contribution in [0, 0.1) is 0 Å². The van der Waals surface area contributed by atoms with Gasteiger partial charge in [0.2, 0.25) is 0 Å². The molecule has 0 saturated heterocycles. The van der Waals surface area contributed by atoms with Crippen molar-refractivity contribution in [3.8, 4) is 11.3 Å². The highest BCUT2D eigenvalue weighted by atomic mass is 16.4. The largest absolute Gasteiger partial charge is 0.480 e. The number of carboxylic acids is 1. The summed E-state index contributed by atoms with van der Waals surface area (Å²) >= 11 is 0. The molecule has 8 heteroatoms. The number of hydrogen-bond donors (Lipinski definition) is 1. The molecule has 0 aliphatic heterocycles. The Morgan fingerprint density at radius 3 is 2.95 bits per heavy atom. The van der Waals surface area contributed by atoms with Crippen molar-refractivity contribution in [3.63, 3.8) is 0 Å². The Kier molecular flexibility index (Phi) is 2.75. The SMILES string of the molecule is O=C(O)Cn1ncn2nc(-c3cccnc3)cc2c1=O. The average molecular weight is 271 g/mol. The first-order valence-electron chi connectivity index (χ1n) is 5.73. The number of rotatable bonds is 3. The molecule has 1 N–H and O–H groups in total. The summed E-state index contributed by atoms with van der Waals surface area (Å²) in [7, 11) is 0. The second-order valence-corrected chi connectivity index (χ2v) is 4.09. The smallest absolute Gasteiger partial charge is 0.325 e. The normalized spacial score (nSPS) is 10.8. The van der Waals surface area contributed by atoms with E-state index in [1.807, 2.05) is 6.07 Å². The average Bonchev–Trinajstić information content (AvgIpc) is 2.87. The Balaban J connectivity index is 2.15. The predicted molar refractivity (Wildman–Crippen MR) is 68.1 cm³/mol. The van der Waals surface area contributed by atoms with Gasteiger partial charge in [0.25, 0.3) is 5.56 Å². The molecule has 0 spiro atoms. The van der Waals surface area contributed by atoms with E-state index in [-0.39, 0.29) is 5.52 Å². The Morgan fingerprint density at radius 1 is 1.40 bits per heavy atom. The molecule has 3 heterocycles. The van der Waals surface area contributed by atoms with Crippen LogP contribution in [0.3, 0.4) is 0 Å². The van der Waals surface area contributed by atoms with Crippen molar-refractivity contribution in [1.82, 2.24) is 24.4 Å². The first-order chi connectivity index (χ1) is 9.65. The summed E-state index contributed by atoms with van der Waals surface area (Å²) in [6, 6.07) is 5.16. The number of carbonyl (C=O) groups is 1. The quantitative estimate of drug-likeness (QED) is 0.721. The van der Waals surface area contributed by atoms with E-state index in [1.165, 1.54) is 10.8 Å². The third kappa shape index (κ3) is 2.03. The van der Waals surface area contributed by atoms with Gasteiger partial charge in [-0.1, -0.05) is 0 Å². The molecule has 0 fully saturated rings. The summed E-state index contributed by atoms with van der Waals surface area (Å²) in [5, 5.41) is 16.7. The number of aromatic nitrogens is 5. The third-order valence-electron chi connectivity index (χ3n) is 2.73. The zero-order valence-electron chi connectivity index (χ0n) is 10.2. The third-order valence-corrected chi connectivity index (χ3v) is 2.73. The molecule has 0 radical (unpaired) electrons. The molecular formula is C12H9N5O3. The molecule has 0 unspecified atom stereocenters. The molecule has 100 valence electrons. The van der Waals surface area contributed by atoms with Gasteiger partial charge in [-0.3, -0.25) is 14.6 Å². The zero-order chi connectivity index (χ0) is 14.1. The standard InChI is InChI=1S/C12H9N5O3/c18-11(19)6-16-12(20)10-4-9(15-17(10)7-14-16)8-2-1-3-13-5-8/h1-5,7H,6H2,(H,18,19). The van der Waals surface area contributed by atoms with E-state index in [1.54, 1.807) is 24.5 Å². The Morgan fingerprint density at radius 2 is 2.25 bits per heavy atom. The monoisotopic (exact) mass is 271 g/mol. The van der Waals surface area contributed by atoms with Gasteiger partial charge < -0.3 is 5.11 Å². The van der Waals surface area contributed by atoms with Gasteiger partial charge in [0.1, 0.15) is 18.4 Å². The van der Waals surface area contributed by atoms with Crippen molar-refractivity contribution in [3.05, 3.63) is 47.3 Å². The van der Waals surface area contributed by atoms with Crippen molar-refractivity contribution in [2.45, 2.75) is 6.54 Å². The Hall–Kier alpha value is -3.03. The maximum absolute atomic E-state index is 12.1. The van der Waals surface area contributed by atoms with Crippen molar-refractivity contribution in [2.24, 2.45) is 0 Å². The molecule has 0 aliphatic carbocycles. The van der Waals surface area contributed by atoms with Gasteiger partial charge in [-0.2, -0.15) is 10.2 Å². The highest BCUT2D eigenvalue weighted by Crippen LogP contribution is 2.16. The molecule has 20 heavy (non-hydrogen) atoms. The van der Waals surface area contributed by atoms with Crippen LogP contribution in [-0.2, 0) is 11.3 Å². The summed E-state index contributed by atoms with van der Waals surface area (Å²) in [6.45, 7) is -0.483. The van der Waals surface area contributed by atoms with Crippen LogP contribution in [0.25, 0.3) is 16.8 Å². The van der Waals surface area contributed by atoms with Gasteiger partial charge in [-0.15, -0.1) is 0 Å². The molecule has 3 aromatic heterocycles. The van der Waals surface area contributed by atoms with E-state index in [4.69, 9.17) is 5.11 Å². The van der Waals surface area contributed by atoms with Gasteiger partial charge in [-0.05, 0) is 18.2 Å². The highest BCUT2D eigenvalue weighted by molar-refractivity contribution is 5.67. The lowest BCUT2D eigenvalue weighted by atomic mass is 10.2. The lowest BCUT2D eigenvalue weighted by Gasteiger charge is -1.99. The summed E-state index contributed by atoms with van der Waals surface area (Å²) in [5.74, 6) is -1.13. The zero-order valence-corrected chi connectivity index (χ0v) is 10.2. The summed E-state index contributed by atoms with van der Waals surface area (Å²) in [6.07, 6.45) is 4.57. The number of aliphatic carboxylic acids is 1. The van der Waals surface area contributed by atoms with Crippen LogP contribution < -0.4 is 5.56 Å². The fourth-order valence-corrected chi connectivity index (χ4v) is 1.83. The minimum atomic E-state index is -1.13. The Labute approximate surface area is 111 Å². The summed E-state index contributed by atoms with van der Waals surface area (Å²) < 4.78 is 2.20. The van der Waals surface area contributed by atoms with E-state index in [2.05, 4.69) is 15.2 Å². The van der Waals surface area contributed by atoms with E-state index in [9.17, 15) is 9.59 Å². The molecule has 3 rings (SSSR count). The molecule has 3 aromatic rings. The summed E-state index contributed by atoms with van der Waals surface area (Å²) in [4.78, 5) is 26.7. The van der Waals surface area contributed by atoms with Crippen LogP contribution in [-0.4, -0.2) is 35.5 Å². The molecule has 0 saturated carbocycles. The first kappa shape index (κ1) is 12.0. The first-order valence-corrected chi connectivity index (χ1v) is 5.73. The number of pyridine rings is 1. The fourth-order valence-electron chi connectivity index (χ4n) is 1.83. The van der Waals surface area contributed by atoms with Gasteiger partial charge in [-0.25, -0.2) is 9.20 Å². The fraction of sp³-hybridized carbons (Fsp3) is 0.0833. The number of carboxylic acid groups (broad SMARTS) is 1. The number of hydrogen-bond acceptors (Lipinski definition) is 5. The lowest BCUT2D eigenvalue weighted by Crippen LogP contribution is -2.27.